The molecule has 1 aliphatic carbocycles. The van der Waals surface area contributed by atoms with Gasteiger partial charge in [-0.1, -0.05) is 34.5 Å². The van der Waals surface area contributed by atoms with Crippen LogP contribution >= 0.6 is 15.9 Å². The van der Waals surface area contributed by atoms with Crippen molar-refractivity contribution in [2.75, 3.05) is 18.9 Å². The van der Waals surface area contributed by atoms with E-state index in [1.807, 2.05) is 6.07 Å². The Labute approximate surface area is 111 Å². The highest BCUT2D eigenvalue weighted by Gasteiger charge is 2.36. The molecule has 0 saturated heterocycles. The molecule has 0 aliphatic heterocycles. The first-order valence-electron chi connectivity index (χ1n) is 6.13. The average molecular weight is 300 g/mol. The molecule has 0 unspecified atom stereocenters. The molecular weight excluding hydrogens is 281 g/mol. The fourth-order valence-electron chi connectivity index (χ4n) is 2.59. The second-order valence-corrected chi connectivity index (χ2v) is 5.85. The standard InChI is InChI=1S/C14H19BrFN/c1-17(11-14(10-15)6-3-7-14)9-12-4-2-5-13(16)8-12/h2,4-5,8H,3,6-7,9-11H2,1H3. The van der Waals surface area contributed by atoms with Crippen LogP contribution in [0.15, 0.2) is 24.3 Å². The highest BCUT2D eigenvalue weighted by atomic mass is 79.9. The first-order valence-corrected chi connectivity index (χ1v) is 7.25. The summed E-state index contributed by atoms with van der Waals surface area (Å²) < 4.78 is 13.1. The van der Waals surface area contributed by atoms with E-state index in [-0.39, 0.29) is 5.82 Å². The minimum atomic E-state index is -0.144. The maximum atomic E-state index is 13.1. The SMILES string of the molecule is CN(Cc1cccc(F)c1)CC1(CBr)CCC1. The second-order valence-electron chi connectivity index (χ2n) is 5.29. The number of hydrogen-bond donors (Lipinski definition) is 0. The summed E-state index contributed by atoms with van der Waals surface area (Å²) in [6.07, 6.45) is 3.97. The summed E-state index contributed by atoms with van der Waals surface area (Å²) in [5, 5.41) is 1.08. The summed E-state index contributed by atoms with van der Waals surface area (Å²) in [6.45, 7) is 1.92. The van der Waals surface area contributed by atoms with E-state index in [9.17, 15) is 4.39 Å². The molecule has 3 heteroatoms. The molecule has 0 radical (unpaired) electrons. The van der Waals surface area contributed by atoms with Crippen LogP contribution < -0.4 is 0 Å². The Balaban J connectivity index is 1.90. The van der Waals surface area contributed by atoms with Crippen LogP contribution in [0.25, 0.3) is 0 Å². The van der Waals surface area contributed by atoms with Crippen molar-refractivity contribution in [2.45, 2.75) is 25.8 Å². The highest BCUT2D eigenvalue weighted by Crippen LogP contribution is 2.42. The number of halogens is 2. The number of rotatable bonds is 5. The zero-order chi connectivity index (χ0) is 12.3. The Bertz CT molecular complexity index is 371. The maximum Gasteiger partial charge on any atom is 0.123 e. The lowest BCUT2D eigenvalue weighted by Crippen LogP contribution is -2.41. The summed E-state index contributed by atoms with van der Waals surface area (Å²) >= 11 is 3.62. The van der Waals surface area contributed by atoms with Crippen molar-refractivity contribution in [3.63, 3.8) is 0 Å². The van der Waals surface area contributed by atoms with Crippen molar-refractivity contribution in [3.05, 3.63) is 35.6 Å². The summed E-state index contributed by atoms with van der Waals surface area (Å²) in [6, 6.07) is 6.89. The molecule has 0 N–H and O–H groups in total. The van der Waals surface area contributed by atoms with Gasteiger partial charge in [0.1, 0.15) is 5.82 Å². The quantitative estimate of drug-likeness (QED) is 0.747. The van der Waals surface area contributed by atoms with Crippen LogP contribution in [0.3, 0.4) is 0 Å². The molecule has 0 spiro atoms. The Hall–Kier alpha value is -0.410. The molecule has 94 valence electrons. The molecule has 1 aliphatic rings. The lowest BCUT2D eigenvalue weighted by Gasteiger charge is -2.43. The monoisotopic (exact) mass is 299 g/mol. The average Bonchev–Trinajstić information content (AvgIpc) is 2.23. The molecule has 1 aromatic carbocycles. The van der Waals surface area contributed by atoms with Crippen molar-refractivity contribution in [1.82, 2.24) is 4.90 Å². The van der Waals surface area contributed by atoms with Gasteiger partial charge in [0.25, 0.3) is 0 Å². The predicted octanol–water partition coefficient (Wildman–Crippen LogP) is 3.82. The molecule has 1 nitrogen and oxygen atoms in total. The lowest BCUT2D eigenvalue weighted by atomic mass is 9.70. The van der Waals surface area contributed by atoms with E-state index in [0.29, 0.717) is 5.41 Å². The zero-order valence-electron chi connectivity index (χ0n) is 10.3. The number of nitrogens with zero attached hydrogens (tertiary/aromatic N) is 1. The minimum absolute atomic E-state index is 0.144. The smallest absolute Gasteiger partial charge is 0.123 e. The molecule has 0 amide bonds. The normalized spacial score (nSPS) is 18.1. The third kappa shape index (κ3) is 3.29. The fourth-order valence-corrected chi connectivity index (χ4v) is 3.32. The number of alkyl halides is 1. The lowest BCUT2D eigenvalue weighted by molar-refractivity contribution is 0.102. The molecule has 2 rings (SSSR count). The topological polar surface area (TPSA) is 3.24 Å². The maximum absolute atomic E-state index is 13.1. The van der Waals surface area contributed by atoms with Crippen LogP contribution in [0.2, 0.25) is 0 Å². The van der Waals surface area contributed by atoms with Gasteiger partial charge in [-0.25, -0.2) is 4.39 Å². The Kier molecular flexibility index (Phi) is 4.21. The fraction of sp³-hybridized carbons (Fsp3) is 0.571. The van der Waals surface area contributed by atoms with Crippen LogP contribution in [-0.4, -0.2) is 23.8 Å². The Morgan fingerprint density at radius 1 is 1.41 bits per heavy atom. The van der Waals surface area contributed by atoms with E-state index >= 15 is 0 Å². The van der Waals surface area contributed by atoms with E-state index < -0.39 is 0 Å². The first kappa shape index (κ1) is 13.0. The summed E-state index contributed by atoms with van der Waals surface area (Å²) in [5.41, 5.74) is 1.51. The molecular formula is C14H19BrFN. The third-order valence-electron chi connectivity index (χ3n) is 3.64. The molecule has 1 fully saturated rings. The summed E-state index contributed by atoms with van der Waals surface area (Å²) in [7, 11) is 2.12. The second kappa shape index (κ2) is 5.49. The van der Waals surface area contributed by atoms with E-state index in [1.165, 1.54) is 25.3 Å². The summed E-state index contributed by atoms with van der Waals surface area (Å²) in [5.74, 6) is -0.144. The van der Waals surface area contributed by atoms with Gasteiger partial charge in [-0.3, -0.25) is 0 Å². The molecule has 1 aromatic rings. The van der Waals surface area contributed by atoms with Crippen LogP contribution in [0.1, 0.15) is 24.8 Å². The highest BCUT2D eigenvalue weighted by molar-refractivity contribution is 9.09. The van der Waals surface area contributed by atoms with Gasteiger partial charge in [0.2, 0.25) is 0 Å². The number of benzene rings is 1. The van der Waals surface area contributed by atoms with Gasteiger partial charge in [0, 0.05) is 18.4 Å². The van der Waals surface area contributed by atoms with Gasteiger partial charge in [-0.2, -0.15) is 0 Å². The van der Waals surface area contributed by atoms with E-state index in [1.54, 1.807) is 12.1 Å². The zero-order valence-corrected chi connectivity index (χ0v) is 11.8. The van der Waals surface area contributed by atoms with Crippen molar-refractivity contribution >= 4 is 15.9 Å². The van der Waals surface area contributed by atoms with Gasteiger partial charge in [0.15, 0.2) is 0 Å². The third-order valence-corrected chi connectivity index (χ3v) is 4.83. The first-order chi connectivity index (χ1) is 8.13. The van der Waals surface area contributed by atoms with Gasteiger partial charge in [-0.05, 0) is 43.0 Å². The van der Waals surface area contributed by atoms with Crippen LogP contribution in [0.5, 0.6) is 0 Å². The Morgan fingerprint density at radius 3 is 2.71 bits per heavy atom. The van der Waals surface area contributed by atoms with Gasteiger partial charge < -0.3 is 4.90 Å². The van der Waals surface area contributed by atoms with Crippen molar-refractivity contribution < 1.29 is 4.39 Å². The molecule has 1 saturated carbocycles. The van der Waals surface area contributed by atoms with Gasteiger partial charge in [-0.15, -0.1) is 0 Å². The van der Waals surface area contributed by atoms with Crippen LogP contribution in [-0.2, 0) is 6.54 Å². The Morgan fingerprint density at radius 2 is 2.18 bits per heavy atom. The van der Waals surface area contributed by atoms with Gasteiger partial charge >= 0.3 is 0 Å². The predicted molar refractivity (Wildman–Crippen MR) is 72.8 cm³/mol. The summed E-state index contributed by atoms with van der Waals surface area (Å²) in [4.78, 5) is 2.30. The largest absolute Gasteiger partial charge is 0.302 e. The van der Waals surface area contributed by atoms with E-state index in [2.05, 4.69) is 27.9 Å². The minimum Gasteiger partial charge on any atom is -0.302 e. The molecule has 17 heavy (non-hydrogen) atoms. The van der Waals surface area contributed by atoms with Crippen molar-refractivity contribution in [3.8, 4) is 0 Å². The van der Waals surface area contributed by atoms with Crippen LogP contribution in [0, 0.1) is 11.2 Å². The molecule has 0 aromatic heterocycles. The van der Waals surface area contributed by atoms with E-state index in [0.717, 1.165) is 24.0 Å². The van der Waals surface area contributed by atoms with Gasteiger partial charge in [0.05, 0.1) is 0 Å². The van der Waals surface area contributed by atoms with Crippen LogP contribution in [0.4, 0.5) is 4.39 Å². The van der Waals surface area contributed by atoms with E-state index in [4.69, 9.17) is 0 Å². The van der Waals surface area contributed by atoms with Crippen molar-refractivity contribution in [2.24, 2.45) is 5.41 Å². The molecule has 0 atom stereocenters. The molecule has 0 bridgehead atoms. The molecule has 0 heterocycles. The van der Waals surface area contributed by atoms with Crippen molar-refractivity contribution in [1.29, 1.82) is 0 Å². The number of hydrogen-bond acceptors (Lipinski definition) is 1.